The van der Waals surface area contributed by atoms with E-state index in [1.54, 1.807) is 12.1 Å². The summed E-state index contributed by atoms with van der Waals surface area (Å²) >= 11 is 0. The van der Waals surface area contributed by atoms with Gasteiger partial charge in [-0.05, 0) is 37.0 Å². The molecule has 0 saturated carbocycles. The molecule has 0 radical (unpaired) electrons. The van der Waals surface area contributed by atoms with Crippen LogP contribution >= 0.6 is 0 Å². The number of nitrogens with two attached hydrogens (primary N) is 1. The van der Waals surface area contributed by atoms with Crippen molar-refractivity contribution in [2.75, 3.05) is 19.7 Å². The van der Waals surface area contributed by atoms with Crippen LogP contribution in [0.4, 0.5) is 13.2 Å². The highest BCUT2D eigenvalue weighted by Crippen LogP contribution is 2.19. The Hall–Kier alpha value is -1.92. The Balaban J connectivity index is 1.85. The Bertz CT molecular complexity index is 494. The maximum atomic E-state index is 12.0. The standard InChI is InChI=1S/C15H20F3N3O/c16-15(17,18)11-22-13-6-4-12(5-7-13)10-20-14(19)21-8-2-1-3-9-21/h4-7H,1-3,8-11H2,(H2,19,20). The SMILES string of the molecule is NC(=NCc1ccc(OCC(F)(F)F)cc1)N1CCCCC1. The van der Waals surface area contributed by atoms with Gasteiger partial charge in [0.05, 0.1) is 6.54 Å². The summed E-state index contributed by atoms with van der Waals surface area (Å²) in [6.45, 7) is 0.980. The lowest BCUT2D eigenvalue weighted by Gasteiger charge is -2.27. The summed E-state index contributed by atoms with van der Waals surface area (Å²) in [6, 6.07) is 6.40. The number of guanidine groups is 1. The van der Waals surface area contributed by atoms with E-state index in [-0.39, 0.29) is 5.75 Å². The molecule has 2 N–H and O–H groups in total. The van der Waals surface area contributed by atoms with Crippen LogP contribution in [0.1, 0.15) is 24.8 Å². The van der Waals surface area contributed by atoms with E-state index < -0.39 is 12.8 Å². The van der Waals surface area contributed by atoms with Gasteiger partial charge in [0.15, 0.2) is 12.6 Å². The summed E-state index contributed by atoms with van der Waals surface area (Å²) in [6.07, 6.45) is -0.849. The molecular formula is C15H20F3N3O. The van der Waals surface area contributed by atoms with Crippen LogP contribution in [0.15, 0.2) is 29.3 Å². The number of nitrogens with zero attached hydrogens (tertiary/aromatic N) is 2. The molecule has 2 rings (SSSR count). The lowest BCUT2D eigenvalue weighted by Crippen LogP contribution is -2.40. The van der Waals surface area contributed by atoms with Gasteiger partial charge in [-0.1, -0.05) is 12.1 Å². The Morgan fingerprint density at radius 3 is 2.36 bits per heavy atom. The number of likely N-dealkylation sites (tertiary alicyclic amines) is 1. The van der Waals surface area contributed by atoms with Crippen molar-refractivity contribution in [3.8, 4) is 5.75 Å². The molecule has 0 amide bonds. The second-order valence-electron chi connectivity index (χ2n) is 5.27. The molecule has 0 spiro atoms. The molecule has 0 aliphatic carbocycles. The smallest absolute Gasteiger partial charge is 0.422 e. The molecule has 1 aromatic carbocycles. The van der Waals surface area contributed by atoms with E-state index in [4.69, 9.17) is 5.73 Å². The molecular weight excluding hydrogens is 295 g/mol. The van der Waals surface area contributed by atoms with Gasteiger partial charge in [-0.2, -0.15) is 13.2 Å². The van der Waals surface area contributed by atoms with Crippen LogP contribution in [0.5, 0.6) is 5.75 Å². The molecule has 1 aliphatic rings. The number of rotatable bonds is 4. The number of aliphatic imine (C=N–C) groups is 1. The van der Waals surface area contributed by atoms with E-state index in [2.05, 4.69) is 14.6 Å². The van der Waals surface area contributed by atoms with Gasteiger partial charge in [0.2, 0.25) is 0 Å². The van der Waals surface area contributed by atoms with Crippen LogP contribution in [0.3, 0.4) is 0 Å². The summed E-state index contributed by atoms with van der Waals surface area (Å²) in [5, 5.41) is 0. The third-order valence-corrected chi connectivity index (χ3v) is 3.43. The van der Waals surface area contributed by atoms with Crippen molar-refractivity contribution in [2.45, 2.75) is 32.0 Å². The number of hydrogen-bond acceptors (Lipinski definition) is 2. The maximum Gasteiger partial charge on any atom is 0.422 e. The molecule has 0 aromatic heterocycles. The van der Waals surface area contributed by atoms with Gasteiger partial charge in [-0.25, -0.2) is 4.99 Å². The Labute approximate surface area is 127 Å². The molecule has 1 heterocycles. The van der Waals surface area contributed by atoms with Crippen molar-refractivity contribution in [2.24, 2.45) is 10.7 Å². The van der Waals surface area contributed by atoms with Crippen LogP contribution in [0.25, 0.3) is 0 Å². The monoisotopic (exact) mass is 315 g/mol. The summed E-state index contributed by atoms with van der Waals surface area (Å²) in [7, 11) is 0. The van der Waals surface area contributed by atoms with Crippen molar-refractivity contribution in [3.05, 3.63) is 29.8 Å². The number of ether oxygens (including phenoxy) is 1. The van der Waals surface area contributed by atoms with E-state index in [0.29, 0.717) is 12.5 Å². The second-order valence-corrected chi connectivity index (χ2v) is 5.27. The van der Waals surface area contributed by atoms with Crippen LogP contribution < -0.4 is 10.5 Å². The lowest BCUT2D eigenvalue weighted by molar-refractivity contribution is -0.153. The topological polar surface area (TPSA) is 50.9 Å². The number of piperidine rings is 1. The molecule has 0 atom stereocenters. The highest BCUT2D eigenvalue weighted by molar-refractivity contribution is 5.78. The quantitative estimate of drug-likeness (QED) is 0.686. The zero-order valence-electron chi connectivity index (χ0n) is 12.3. The molecule has 4 nitrogen and oxygen atoms in total. The van der Waals surface area contributed by atoms with Crippen LogP contribution in [0.2, 0.25) is 0 Å². The molecule has 1 fully saturated rings. The van der Waals surface area contributed by atoms with Crippen molar-refractivity contribution >= 4 is 5.96 Å². The Morgan fingerprint density at radius 2 is 1.77 bits per heavy atom. The molecule has 7 heteroatoms. The molecule has 1 aliphatic heterocycles. The summed E-state index contributed by atoms with van der Waals surface area (Å²) < 4.78 is 40.8. The largest absolute Gasteiger partial charge is 0.484 e. The first-order valence-electron chi connectivity index (χ1n) is 7.27. The van der Waals surface area contributed by atoms with Gasteiger partial charge in [0, 0.05) is 13.1 Å². The highest BCUT2D eigenvalue weighted by Gasteiger charge is 2.28. The predicted octanol–water partition coefficient (Wildman–Crippen LogP) is 2.93. The first kappa shape index (κ1) is 16.5. The first-order valence-corrected chi connectivity index (χ1v) is 7.27. The molecule has 0 unspecified atom stereocenters. The minimum absolute atomic E-state index is 0.189. The van der Waals surface area contributed by atoms with E-state index in [1.807, 2.05) is 0 Å². The second kappa shape index (κ2) is 7.38. The molecule has 22 heavy (non-hydrogen) atoms. The van der Waals surface area contributed by atoms with Crippen LogP contribution in [-0.2, 0) is 6.54 Å². The average Bonchev–Trinajstić information content (AvgIpc) is 2.52. The average molecular weight is 315 g/mol. The molecule has 1 saturated heterocycles. The fraction of sp³-hybridized carbons (Fsp3) is 0.533. The van der Waals surface area contributed by atoms with Crippen molar-refractivity contribution in [3.63, 3.8) is 0 Å². The Morgan fingerprint density at radius 1 is 1.14 bits per heavy atom. The summed E-state index contributed by atoms with van der Waals surface area (Å²) in [5.41, 5.74) is 6.82. The van der Waals surface area contributed by atoms with Gasteiger partial charge in [-0.3, -0.25) is 0 Å². The third kappa shape index (κ3) is 5.46. The third-order valence-electron chi connectivity index (χ3n) is 3.43. The van der Waals surface area contributed by atoms with E-state index >= 15 is 0 Å². The van der Waals surface area contributed by atoms with Gasteiger partial charge in [0.25, 0.3) is 0 Å². The Kier molecular flexibility index (Phi) is 5.51. The number of halogens is 3. The van der Waals surface area contributed by atoms with Crippen molar-refractivity contribution < 1.29 is 17.9 Å². The van der Waals surface area contributed by atoms with Gasteiger partial charge >= 0.3 is 6.18 Å². The fourth-order valence-electron chi connectivity index (χ4n) is 2.25. The highest BCUT2D eigenvalue weighted by atomic mass is 19.4. The van der Waals surface area contributed by atoms with E-state index in [9.17, 15) is 13.2 Å². The van der Waals surface area contributed by atoms with Gasteiger partial charge < -0.3 is 15.4 Å². The predicted molar refractivity (Wildman–Crippen MR) is 78.7 cm³/mol. The summed E-state index contributed by atoms with van der Waals surface area (Å²) in [4.78, 5) is 6.39. The van der Waals surface area contributed by atoms with Gasteiger partial charge in [-0.15, -0.1) is 0 Å². The number of alkyl halides is 3. The molecule has 0 bridgehead atoms. The van der Waals surface area contributed by atoms with Crippen molar-refractivity contribution in [1.82, 2.24) is 4.90 Å². The van der Waals surface area contributed by atoms with Gasteiger partial charge in [0.1, 0.15) is 5.75 Å². The zero-order valence-corrected chi connectivity index (χ0v) is 12.3. The van der Waals surface area contributed by atoms with Crippen LogP contribution in [-0.4, -0.2) is 36.7 Å². The fourth-order valence-corrected chi connectivity index (χ4v) is 2.25. The zero-order chi connectivity index (χ0) is 16.0. The van der Waals surface area contributed by atoms with Crippen molar-refractivity contribution in [1.29, 1.82) is 0 Å². The lowest BCUT2D eigenvalue weighted by atomic mass is 10.1. The van der Waals surface area contributed by atoms with E-state index in [1.165, 1.54) is 18.6 Å². The minimum atomic E-state index is -4.33. The number of benzene rings is 1. The molecule has 122 valence electrons. The van der Waals surface area contributed by atoms with Crippen LogP contribution in [0, 0.1) is 0 Å². The minimum Gasteiger partial charge on any atom is -0.484 e. The summed E-state index contributed by atoms with van der Waals surface area (Å²) in [5.74, 6) is 0.714. The van der Waals surface area contributed by atoms with E-state index in [0.717, 1.165) is 31.5 Å². The molecule has 1 aromatic rings. The number of hydrogen-bond donors (Lipinski definition) is 1. The normalized spacial score (nSPS) is 16.7. The maximum absolute atomic E-state index is 12.0. The first-order chi connectivity index (χ1) is 10.4.